The van der Waals surface area contributed by atoms with Crippen LogP contribution in [-0.4, -0.2) is 43.5 Å². The number of methoxy groups -OCH3 is 2. The Morgan fingerprint density at radius 3 is 2.16 bits per heavy atom. The van der Waals surface area contributed by atoms with Gasteiger partial charge in [-0.3, -0.25) is 4.79 Å². The number of hydrogen-bond acceptors (Lipinski definition) is 3. The van der Waals surface area contributed by atoms with Gasteiger partial charge < -0.3 is 14.4 Å². The van der Waals surface area contributed by atoms with Crippen LogP contribution in [0.3, 0.4) is 0 Å². The number of carbonyl (C=O) groups excluding carboxylic acids is 1. The van der Waals surface area contributed by atoms with Gasteiger partial charge in [0.2, 0.25) is 0 Å². The Bertz CT molecular complexity index is 412. The lowest BCUT2D eigenvalue weighted by atomic mass is 10.1. The molecule has 0 bridgehead atoms. The van der Waals surface area contributed by atoms with Crippen LogP contribution in [-0.2, 0) is 0 Å². The van der Waals surface area contributed by atoms with Gasteiger partial charge in [0.05, 0.1) is 14.2 Å². The minimum absolute atomic E-state index is 0.0564. The highest BCUT2D eigenvalue weighted by molar-refractivity contribution is 6.18. The van der Waals surface area contributed by atoms with E-state index < -0.39 is 0 Å². The molecule has 5 heteroatoms. The third kappa shape index (κ3) is 3.53. The smallest absolute Gasteiger partial charge is 0.261 e. The van der Waals surface area contributed by atoms with E-state index in [9.17, 15) is 4.79 Å². The van der Waals surface area contributed by atoms with E-state index in [1.807, 2.05) is 13.8 Å². The summed E-state index contributed by atoms with van der Waals surface area (Å²) in [7, 11) is 3.07. The van der Waals surface area contributed by atoms with Crippen LogP contribution in [0.5, 0.6) is 11.5 Å². The number of benzene rings is 1. The molecule has 1 rings (SSSR count). The number of alkyl halides is 1. The van der Waals surface area contributed by atoms with E-state index in [1.165, 1.54) is 14.2 Å². The van der Waals surface area contributed by atoms with Gasteiger partial charge in [0.25, 0.3) is 5.91 Å². The van der Waals surface area contributed by atoms with Crippen molar-refractivity contribution in [3.63, 3.8) is 0 Å². The first-order chi connectivity index (χ1) is 9.06. The predicted octanol–water partition coefficient (Wildman–Crippen LogP) is 2.79. The maximum Gasteiger partial charge on any atom is 0.261 e. The molecular weight excluding hydrogens is 266 g/mol. The molecule has 0 N–H and O–H groups in total. The zero-order valence-electron chi connectivity index (χ0n) is 11.8. The molecule has 1 amide bonds. The van der Waals surface area contributed by atoms with Gasteiger partial charge in [-0.15, -0.1) is 11.6 Å². The fourth-order valence-corrected chi connectivity index (χ4v) is 2.07. The molecule has 0 heterocycles. The van der Waals surface area contributed by atoms with Gasteiger partial charge in [-0.25, -0.2) is 0 Å². The van der Waals surface area contributed by atoms with Crippen molar-refractivity contribution in [3.05, 3.63) is 23.8 Å². The Balaban J connectivity index is 3.22. The van der Waals surface area contributed by atoms with E-state index in [-0.39, 0.29) is 11.9 Å². The molecule has 0 fully saturated rings. The minimum Gasteiger partial charge on any atom is -0.496 e. The van der Waals surface area contributed by atoms with Gasteiger partial charge in [0.15, 0.2) is 0 Å². The van der Waals surface area contributed by atoms with Crippen molar-refractivity contribution in [1.82, 2.24) is 4.90 Å². The summed E-state index contributed by atoms with van der Waals surface area (Å²) in [5.41, 5.74) is 0.436. The number of carbonyl (C=O) groups is 1. The topological polar surface area (TPSA) is 38.8 Å². The fourth-order valence-electron chi connectivity index (χ4n) is 1.89. The lowest BCUT2D eigenvalue weighted by Gasteiger charge is -2.27. The van der Waals surface area contributed by atoms with Crippen molar-refractivity contribution >= 4 is 17.5 Å². The Labute approximate surface area is 119 Å². The second-order valence-corrected chi connectivity index (χ2v) is 4.70. The number of nitrogens with zero attached hydrogens (tertiary/aromatic N) is 1. The third-order valence-corrected chi connectivity index (χ3v) is 3.02. The molecule has 0 aliphatic heterocycles. The quantitative estimate of drug-likeness (QED) is 0.755. The SMILES string of the molecule is COc1cccc(OC)c1C(=O)N(CCCl)C(C)C. The second-order valence-electron chi connectivity index (χ2n) is 4.32. The summed E-state index contributed by atoms with van der Waals surface area (Å²) in [6.45, 7) is 4.39. The highest BCUT2D eigenvalue weighted by Gasteiger charge is 2.25. The molecule has 0 unspecified atom stereocenters. The standard InChI is InChI=1S/C14H20ClNO3/c1-10(2)16(9-8-15)14(17)13-11(18-3)6-5-7-12(13)19-4/h5-7,10H,8-9H2,1-4H3. The van der Waals surface area contributed by atoms with Crippen molar-refractivity contribution < 1.29 is 14.3 Å². The van der Waals surface area contributed by atoms with Crippen molar-refractivity contribution in [3.8, 4) is 11.5 Å². The Morgan fingerprint density at radius 1 is 1.26 bits per heavy atom. The summed E-state index contributed by atoms with van der Waals surface area (Å²) in [6, 6.07) is 5.33. The van der Waals surface area contributed by atoms with E-state index in [2.05, 4.69) is 0 Å². The Morgan fingerprint density at radius 2 is 1.79 bits per heavy atom. The van der Waals surface area contributed by atoms with Crippen molar-refractivity contribution in [2.24, 2.45) is 0 Å². The average Bonchev–Trinajstić information content (AvgIpc) is 2.42. The minimum atomic E-state index is -0.134. The van der Waals surface area contributed by atoms with Crippen LogP contribution in [0.4, 0.5) is 0 Å². The average molecular weight is 286 g/mol. The van der Waals surface area contributed by atoms with Gasteiger partial charge in [-0.1, -0.05) is 6.07 Å². The highest BCUT2D eigenvalue weighted by atomic mass is 35.5. The van der Waals surface area contributed by atoms with E-state index >= 15 is 0 Å². The molecule has 106 valence electrons. The van der Waals surface area contributed by atoms with Gasteiger partial charge in [-0.05, 0) is 26.0 Å². The van der Waals surface area contributed by atoms with E-state index in [4.69, 9.17) is 21.1 Å². The Hall–Kier alpha value is -1.42. The summed E-state index contributed by atoms with van der Waals surface area (Å²) in [4.78, 5) is 14.3. The van der Waals surface area contributed by atoms with Crippen molar-refractivity contribution in [2.75, 3.05) is 26.6 Å². The maximum atomic E-state index is 12.6. The number of hydrogen-bond donors (Lipinski definition) is 0. The summed E-state index contributed by atoms with van der Waals surface area (Å²) in [5, 5.41) is 0. The lowest BCUT2D eigenvalue weighted by molar-refractivity contribution is 0.0711. The molecule has 0 spiro atoms. The molecule has 0 atom stereocenters. The van der Waals surface area contributed by atoms with Crippen molar-refractivity contribution in [2.45, 2.75) is 19.9 Å². The number of ether oxygens (including phenoxy) is 2. The summed E-state index contributed by atoms with van der Waals surface area (Å²) < 4.78 is 10.5. The summed E-state index contributed by atoms with van der Waals surface area (Å²) in [6.07, 6.45) is 0. The van der Waals surface area contributed by atoms with Crippen molar-refractivity contribution in [1.29, 1.82) is 0 Å². The first-order valence-corrected chi connectivity index (χ1v) is 6.68. The first kappa shape index (κ1) is 15.6. The number of halogens is 1. The third-order valence-electron chi connectivity index (χ3n) is 2.85. The van der Waals surface area contributed by atoms with Gasteiger partial charge in [0, 0.05) is 18.5 Å². The van der Waals surface area contributed by atoms with Gasteiger partial charge in [-0.2, -0.15) is 0 Å². The summed E-state index contributed by atoms with van der Waals surface area (Å²) in [5.74, 6) is 1.26. The summed E-state index contributed by atoms with van der Waals surface area (Å²) >= 11 is 5.76. The van der Waals surface area contributed by atoms with Gasteiger partial charge >= 0.3 is 0 Å². The normalized spacial score (nSPS) is 10.4. The maximum absolute atomic E-state index is 12.6. The van der Waals surface area contributed by atoms with Crippen LogP contribution in [0.15, 0.2) is 18.2 Å². The molecule has 0 radical (unpaired) electrons. The molecular formula is C14H20ClNO3. The Kier molecular flexibility index (Phi) is 5.96. The van der Waals surface area contributed by atoms with Crippen LogP contribution in [0.25, 0.3) is 0 Å². The fraction of sp³-hybridized carbons (Fsp3) is 0.500. The molecule has 0 aliphatic rings. The van der Waals surface area contributed by atoms with Crippen LogP contribution in [0.2, 0.25) is 0 Å². The second kappa shape index (κ2) is 7.24. The molecule has 0 saturated carbocycles. The van der Waals surface area contributed by atoms with Gasteiger partial charge in [0.1, 0.15) is 17.1 Å². The zero-order valence-corrected chi connectivity index (χ0v) is 12.5. The van der Waals surface area contributed by atoms with Crippen LogP contribution in [0.1, 0.15) is 24.2 Å². The monoisotopic (exact) mass is 285 g/mol. The molecule has 19 heavy (non-hydrogen) atoms. The van der Waals surface area contributed by atoms with E-state index in [0.717, 1.165) is 0 Å². The predicted molar refractivity (Wildman–Crippen MR) is 76.4 cm³/mol. The van der Waals surface area contributed by atoms with Crippen LogP contribution >= 0.6 is 11.6 Å². The van der Waals surface area contributed by atoms with E-state index in [0.29, 0.717) is 29.5 Å². The van der Waals surface area contributed by atoms with E-state index in [1.54, 1.807) is 23.1 Å². The zero-order chi connectivity index (χ0) is 14.4. The largest absolute Gasteiger partial charge is 0.496 e. The molecule has 1 aromatic carbocycles. The lowest BCUT2D eigenvalue weighted by Crippen LogP contribution is -2.38. The molecule has 0 saturated heterocycles. The number of rotatable bonds is 6. The molecule has 0 aromatic heterocycles. The molecule has 4 nitrogen and oxygen atoms in total. The highest BCUT2D eigenvalue weighted by Crippen LogP contribution is 2.30. The molecule has 0 aliphatic carbocycles. The number of amides is 1. The molecule has 1 aromatic rings. The van der Waals surface area contributed by atoms with Crippen LogP contribution < -0.4 is 9.47 Å². The van der Waals surface area contributed by atoms with Crippen LogP contribution in [0, 0.1) is 0 Å². The first-order valence-electron chi connectivity index (χ1n) is 6.14.